The fraction of sp³-hybridized carbons (Fsp3) is 0.538. The minimum absolute atomic E-state index is 0.189. The van der Waals surface area contributed by atoms with Crippen LogP contribution in [-0.4, -0.2) is 17.8 Å². The van der Waals surface area contributed by atoms with Crippen LogP contribution in [0.2, 0.25) is 10.0 Å². The van der Waals surface area contributed by atoms with E-state index < -0.39 is 0 Å². The maximum Gasteiger partial charge on any atom is 0.0512 e. The Bertz CT molecular complexity index is 355. The average Bonchev–Trinajstić information content (AvgIpc) is 2.23. The zero-order chi connectivity index (χ0) is 12.8. The van der Waals surface area contributed by atoms with Crippen LogP contribution >= 0.6 is 23.2 Å². The SMILES string of the molecule is CC(O)CCCNC(C)c1ccc(Cl)cc1Cl. The molecule has 2 unspecified atom stereocenters. The van der Waals surface area contributed by atoms with Crippen LogP contribution in [-0.2, 0) is 0 Å². The second-order valence-corrected chi connectivity index (χ2v) is 5.18. The van der Waals surface area contributed by atoms with Crippen LogP contribution in [0.3, 0.4) is 0 Å². The Labute approximate surface area is 113 Å². The lowest BCUT2D eigenvalue weighted by Gasteiger charge is -2.16. The summed E-state index contributed by atoms with van der Waals surface area (Å²) in [5, 5.41) is 13.9. The summed E-state index contributed by atoms with van der Waals surface area (Å²) < 4.78 is 0. The van der Waals surface area contributed by atoms with Crippen molar-refractivity contribution in [2.45, 2.75) is 38.8 Å². The number of hydrogen-bond donors (Lipinski definition) is 2. The summed E-state index contributed by atoms with van der Waals surface area (Å²) >= 11 is 12.0. The summed E-state index contributed by atoms with van der Waals surface area (Å²) in [4.78, 5) is 0. The number of hydrogen-bond acceptors (Lipinski definition) is 2. The second kappa shape index (κ2) is 7.22. The molecule has 0 spiro atoms. The van der Waals surface area contributed by atoms with E-state index in [1.807, 2.05) is 12.1 Å². The van der Waals surface area contributed by atoms with Crippen LogP contribution in [0.25, 0.3) is 0 Å². The molecule has 0 saturated heterocycles. The van der Waals surface area contributed by atoms with Crippen molar-refractivity contribution in [2.24, 2.45) is 0 Å². The molecular formula is C13H19Cl2NO. The molecule has 2 nitrogen and oxygen atoms in total. The van der Waals surface area contributed by atoms with Gasteiger partial charge in [0, 0.05) is 16.1 Å². The smallest absolute Gasteiger partial charge is 0.0512 e. The molecule has 0 heterocycles. The quantitative estimate of drug-likeness (QED) is 0.774. The van der Waals surface area contributed by atoms with Crippen LogP contribution in [0.5, 0.6) is 0 Å². The lowest BCUT2D eigenvalue weighted by Crippen LogP contribution is -2.21. The van der Waals surface area contributed by atoms with Gasteiger partial charge in [-0.15, -0.1) is 0 Å². The predicted octanol–water partition coefficient (Wildman–Crippen LogP) is 3.81. The molecule has 0 radical (unpaired) electrons. The first-order chi connectivity index (χ1) is 8.00. The van der Waals surface area contributed by atoms with Gasteiger partial charge in [0.25, 0.3) is 0 Å². The molecule has 2 atom stereocenters. The topological polar surface area (TPSA) is 32.3 Å². The van der Waals surface area contributed by atoms with E-state index in [1.54, 1.807) is 13.0 Å². The molecular weight excluding hydrogens is 257 g/mol. The highest BCUT2D eigenvalue weighted by Crippen LogP contribution is 2.25. The van der Waals surface area contributed by atoms with Gasteiger partial charge < -0.3 is 10.4 Å². The van der Waals surface area contributed by atoms with Crippen molar-refractivity contribution in [3.63, 3.8) is 0 Å². The Balaban J connectivity index is 2.44. The zero-order valence-electron chi connectivity index (χ0n) is 10.2. The molecule has 0 aliphatic rings. The molecule has 0 aromatic heterocycles. The summed E-state index contributed by atoms with van der Waals surface area (Å²) in [6.07, 6.45) is 1.53. The third-order valence-electron chi connectivity index (χ3n) is 2.68. The molecule has 4 heteroatoms. The third kappa shape index (κ3) is 5.26. The van der Waals surface area contributed by atoms with Crippen molar-refractivity contribution in [3.8, 4) is 0 Å². The molecule has 0 saturated carbocycles. The molecule has 96 valence electrons. The molecule has 0 aliphatic carbocycles. The molecule has 1 aromatic rings. The van der Waals surface area contributed by atoms with Gasteiger partial charge in [0.2, 0.25) is 0 Å². The van der Waals surface area contributed by atoms with E-state index in [4.69, 9.17) is 28.3 Å². The minimum Gasteiger partial charge on any atom is -0.393 e. The predicted molar refractivity (Wildman–Crippen MR) is 73.8 cm³/mol. The highest BCUT2D eigenvalue weighted by molar-refractivity contribution is 6.35. The van der Waals surface area contributed by atoms with E-state index in [-0.39, 0.29) is 12.1 Å². The minimum atomic E-state index is -0.230. The van der Waals surface area contributed by atoms with Crippen molar-refractivity contribution in [1.29, 1.82) is 0 Å². The van der Waals surface area contributed by atoms with Crippen molar-refractivity contribution in [3.05, 3.63) is 33.8 Å². The zero-order valence-corrected chi connectivity index (χ0v) is 11.7. The van der Waals surface area contributed by atoms with Gasteiger partial charge in [-0.1, -0.05) is 29.3 Å². The monoisotopic (exact) mass is 275 g/mol. The van der Waals surface area contributed by atoms with Gasteiger partial charge in [0.15, 0.2) is 0 Å². The Morgan fingerprint density at radius 3 is 2.59 bits per heavy atom. The van der Waals surface area contributed by atoms with E-state index in [0.29, 0.717) is 10.0 Å². The van der Waals surface area contributed by atoms with Crippen LogP contribution < -0.4 is 5.32 Å². The Hall–Kier alpha value is -0.280. The molecule has 2 N–H and O–H groups in total. The summed E-state index contributed by atoms with van der Waals surface area (Å²) in [5.41, 5.74) is 1.05. The molecule has 1 aromatic carbocycles. The molecule has 0 aliphatic heterocycles. The van der Waals surface area contributed by atoms with Crippen LogP contribution in [0.1, 0.15) is 38.3 Å². The fourth-order valence-corrected chi connectivity index (χ4v) is 2.25. The van der Waals surface area contributed by atoms with E-state index >= 15 is 0 Å². The normalized spacial score (nSPS) is 14.6. The van der Waals surface area contributed by atoms with Crippen molar-refractivity contribution >= 4 is 23.2 Å². The van der Waals surface area contributed by atoms with Crippen LogP contribution in [0, 0.1) is 0 Å². The van der Waals surface area contributed by atoms with E-state index in [0.717, 1.165) is 24.9 Å². The molecule has 1 rings (SSSR count). The summed E-state index contributed by atoms with van der Waals surface area (Å²) in [6, 6.07) is 5.73. The summed E-state index contributed by atoms with van der Waals surface area (Å²) in [7, 11) is 0. The number of halogens is 2. The second-order valence-electron chi connectivity index (χ2n) is 4.33. The summed E-state index contributed by atoms with van der Waals surface area (Å²) in [5.74, 6) is 0. The maximum atomic E-state index is 9.15. The van der Waals surface area contributed by atoms with E-state index in [2.05, 4.69) is 12.2 Å². The number of benzene rings is 1. The van der Waals surface area contributed by atoms with Gasteiger partial charge in [0.1, 0.15) is 0 Å². The number of aliphatic hydroxyl groups is 1. The first-order valence-electron chi connectivity index (χ1n) is 5.87. The van der Waals surface area contributed by atoms with Crippen LogP contribution in [0.4, 0.5) is 0 Å². The first kappa shape index (κ1) is 14.8. The van der Waals surface area contributed by atoms with Crippen molar-refractivity contribution in [1.82, 2.24) is 5.32 Å². The highest BCUT2D eigenvalue weighted by Gasteiger charge is 2.09. The number of aliphatic hydroxyl groups excluding tert-OH is 1. The van der Waals surface area contributed by atoms with Gasteiger partial charge in [-0.2, -0.15) is 0 Å². The Morgan fingerprint density at radius 2 is 2.00 bits per heavy atom. The lowest BCUT2D eigenvalue weighted by molar-refractivity contribution is 0.181. The summed E-state index contributed by atoms with van der Waals surface area (Å²) in [6.45, 7) is 4.74. The fourth-order valence-electron chi connectivity index (χ4n) is 1.68. The van der Waals surface area contributed by atoms with Gasteiger partial charge in [-0.05, 0) is 50.9 Å². The standard InChI is InChI=1S/C13H19Cl2NO/c1-9(17)4-3-7-16-10(2)12-6-5-11(14)8-13(12)15/h5-6,8-10,16-17H,3-4,7H2,1-2H3. The van der Waals surface area contributed by atoms with Gasteiger partial charge in [-0.3, -0.25) is 0 Å². The van der Waals surface area contributed by atoms with Gasteiger partial charge in [-0.25, -0.2) is 0 Å². The lowest BCUT2D eigenvalue weighted by atomic mass is 10.1. The van der Waals surface area contributed by atoms with E-state index in [1.165, 1.54) is 0 Å². The van der Waals surface area contributed by atoms with Gasteiger partial charge >= 0.3 is 0 Å². The molecule has 17 heavy (non-hydrogen) atoms. The van der Waals surface area contributed by atoms with Crippen molar-refractivity contribution in [2.75, 3.05) is 6.54 Å². The third-order valence-corrected chi connectivity index (χ3v) is 3.24. The average molecular weight is 276 g/mol. The maximum absolute atomic E-state index is 9.15. The molecule has 0 amide bonds. The Kier molecular flexibility index (Phi) is 6.28. The highest BCUT2D eigenvalue weighted by atomic mass is 35.5. The van der Waals surface area contributed by atoms with E-state index in [9.17, 15) is 0 Å². The number of rotatable bonds is 6. The molecule has 0 fully saturated rings. The largest absolute Gasteiger partial charge is 0.393 e. The van der Waals surface area contributed by atoms with Crippen LogP contribution in [0.15, 0.2) is 18.2 Å². The molecule has 0 bridgehead atoms. The van der Waals surface area contributed by atoms with Crippen molar-refractivity contribution < 1.29 is 5.11 Å². The first-order valence-corrected chi connectivity index (χ1v) is 6.62. The number of nitrogens with one attached hydrogen (secondary N) is 1. The Morgan fingerprint density at radius 1 is 1.29 bits per heavy atom. The van der Waals surface area contributed by atoms with Gasteiger partial charge in [0.05, 0.1) is 6.10 Å².